The molecule has 5 heteroatoms. The SMILES string of the molecule is Cc1cc(Br)ccc1N(CCN)CCC(=O)O. The molecule has 0 aliphatic rings. The van der Waals surface area contributed by atoms with E-state index in [1.54, 1.807) is 0 Å². The largest absolute Gasteiger partial charge is 0.481 e. The number of nitrogens with two attached hydrogens (primary N) is 1. The van der Waals surface area contributed by atoms with Crippen molar-refractivity contribution in [3.8, 4) is 0 Å². The molecule has 1 aromatic carbocycles. The van der Waals surface area contributed by atoms with Gasteiger partial charge in [-0.3, -0.25) is 4.79 Å². The number of carboxylic acid groups (broad SMARTS) is 1. The maximum Gasteiger partial charge on any atom is 0.305 e. The van der Waals surface area contributed by atoms with Gasteiger partial charge in [0.2, 0.25) is 0 Å². The van der Waals surface area contributed by atoms with Crippen LogP contribution in [0.4, 0.5) is 5.69 Å². The van der Waals surface area contributed by atoms with E-state index in [2.05, 4.69) is 15.9 Å². The second kappa shape index (κ2) is 6.61. The summed E-state index contributed by atoms with van der Waals surface area (Å²) in [5.41, 5.74) is 7.71. The molecule has 0 aliphatic heterocycles. The highest BCUT2D eigenvalue weighted by atomic mass is 79.9. The molecule has 0 unspecified atom stereocenters. The van der Waals surface area contributed by atoms with Crippen molar-refractivity contribution >= 4 is 27.6 Å². The fraction of sp³-hybridized carbons (Fsp3) is 0.417. The number of hydrogen-bond acceptors (Lipinski definition) is 3. The predicted molar refractivity (Wildman–Crippen MR) is 72.4 cm³/mol. The van der Waals surface area contributed by atoms with Gasteiger partial charge in [-0.15, -0.1) is 0 Å². The molecule has 0 aromatic heterocycles. The summed E-state index contributed by atoms with van der Waals surface area (Å²) in [4.78, 5) is 12.6. The van der Waals surface area contributed by atoms with Crippen LogP contribution in [0.5, 0.6) is 0 Å². The van der Waals surface area contributed by atoms with E-state index in [9.17, 15) is 4.79 Å². The lowest BCUT2D eigenvalue weighted by molar-refractivity contribution is -0.136. The summed E-state index contributed by atoms with van der Waals surface area (Å²) in [5, 5.41) is 8.73. The van der Waals surface area contributed by atoms with E-state index >= 15 is 0 Å². The molecule has 3 N–H and O–H groups in total. The Balaban J connectivity index is 2.84. The van der Waals surface area contributed by atoms with Crippen LogP contribution < -0.4 is 10.6 Å². The Kier molecular flexibility index (Phi) is 5.44. The van der Waals surface area contributed by atoms with Crippen molar-refractivity contribution in [2.45, 2.75) is 13.3 Å². The van der Waals surface area contributed by atoms with E-state index < -0.39 is 5.97 Å². The lowest BCUT2D eigenvalue weighted by Crippen LogP contribution is -2.32. The van der Waals surface area contributed by atoms with Gasteiger partial charge in [-0.05, 0) is 30.7 Å². The topological polar surface area (TPSA) is 66.6 Å². The Bertz CT molecular complexity index is 396. The molecule has 0 atom stereocenters. The zero-order valence-electron chi connectivity index (χ0n) is 9.82. The number of halogens is 1. The minimum atomic E-state index is -0.790. The molecule has 0 saturated heterocycles. The van der Waals surface area contributed by atoms with Gasteiger partial charge in [0.25, 0.3) is 0 Å². The number of aryl methyl sites for hydroxylation is 1. The molecule has 0 bridgehead atoms. The highest BCUT2D eigenvalue weighted by Gasteiger charge is 2.10. The molecule has 4 nitrogen and oxygen atoms in total. The van der Waals surface area contributed by atoms with Crippen LogP contribution in [0.2, 0.25) is 0 Å². The van der Waals surface area contributed by atoms with Crippen LogP contribution in [0.15, 0.2) is 22.7 Å². The molecular weight excluding hydrogens is 284 g/mol. The molecular formula is C12H17BrN2O2. The lowest BCUT2D eigenvalue weighted by atomic mass is 10.1. The second-order valence-electron chi connectivity index (χ2n) is 3.85. The first-order chi connectivity index (χ1) is 8.04. The number of carboxylic acids is 1. The molecule has 17 heavy (non-hydrogen) atoms. The first kappa shape index (κ1) is 14.0. The van der Waals surface area contributed by atoms with Crippen LogP contribution in [0.3, 0.4) is 0 Å². The van der Waals surface area contributed by atoms with Crippen molar-refractivity contribution in [3.05, 3.63) is 28.2 Å². The third-order valence-electron chi connectivity index (χ3n) is 2.49. The molecule has 1 rings (SSSR count). The van der Waals surface area contributed by atoms with Crippen LogP contribution in [-0.4, -0.2) is 30.7 Å². The molecule has 0 fully saturated rings. The molecule has 0 heterocycles. The number of rotatable bonds is 6. The first-order valence-corrected chi connectivity index (χ1v) is 6.27. The van der Waals surface area contributed by atoms with Crippen LogP contribution in [-0.2, 0) is 4.79 Å². The lowest BCUT2D eigenvalue weighted by Gasteiger charge is -2.25. The van der Waals surface area contributed by atoms with Crippen LogP contribution in [0, 0.1) is 6.92 Å². The number of aliphatic carboxylic acids is 1. The zero-order chi connectivity index (χ0) is 12.8. The number of nitrogens with zero attached hydrogens (tertiary/aromatic N) is 1. The van der Waals surface area contributed by atoms with Gasteiger partial charge in [0.15, 0.2) is 0 Å². The quantitative estimate of drug-likeness (QED) is 0.843. The fourth-order valence-corrected chi connectivity index (χ4v) is 2.19. The molecule has 0 amide bonds. The van der Waals surface area contributed by atoms with E-state index in [0.717, 1.165) is 15.7 Å². The Morgan fingerprint density at radius 1 is 1.47 bits per heavy atom. The van der Waals surface area contributed by atoms with Crippen molar-refractivity contribution in [2.24, 2.45) is 5.73 Å². The van der Waals surface area contributed by atoms with Gasteiger partial charge >= 0.3 is 5.97 Å². The van der Waals surface area contributed by atoms with E-state index in [1.165, 1.54) is 0 Å². The highest BCUT2D eigenvalue weighted by molar-refractivity contribution is 9.10. The van der Waals surface area contributed by atoms with Crippen molar-refractivity contribution in [1.82, 2.24) is 0 Å². The summed E-state index contributed by atoms with van der Waals surface area (Å²) in [6, 6.07) is 5.95. The highest BCUT2D eigenvalue weighted by Crippen LogP contribution is 2.23. The monoisotopic (exact) mass is 300 g/mol. The maximum absolute atomic E-state index is 10.6. The van der Waals surface area contributed by atoms with Gasteiger partial charge in [-0.2, -0.15) is 0 Å². The minimum absolute atomic E-state index is 0.121. The Morgan fingerprint density at radius 3 is 2.71 bits per heavy atom. The van der Waals surface area contributed by atoms with E-state index in [0.29, 0.717) is 19.6 Å². The molecule has 0 saturated carbocycles. The third kappa shape index (κ3) is 4.36. The third-order valence-corrected chi connectivity index (χ3v) is 2.99. The van der Waals surface area contributed by atoms with Gasteiger partial charge in [-0.25, -0.2) is 0 Å². The summed E-state index contributed by atoms with van der Waals surface area (Å²) >= 11 is 3.41. The number of benzene rings is 1. The Labute approximate surface area is 110 Å². The van der Waals surface area contributed by atoms with E-state index in [-0.39, 0.29) is 6.42 Å². The average molecular weight is 301 g/mol. The normalized spacial score (nSPS) is 10.3. The minimum Gasteiger partial charge on any atom is -0.481 e. The average Bonchev–Trinajstić information content (AvgIpc) is 2.24. The van der Waals surface area contributed by atoms with Crippen molar-refractivity contribution in [3.63, 3.8) is 0 Å². The van der Waals surface area contributed by atoms with Crippen molar-refractivity contribution in [1.29, 1.82) is 0 Å². The Morgan fingerprint density at radius 2 is 2.18 bits per heavy atom. The second-order valence-corrected chi connectivity index (χ2v) is 4.77. The van der Waals surface area contributed by atoms with Gasteiger partial charge < -0.3 is 15.7 Å². The number of carbonyl (C=O) groups is 1. The van der Waals surface area contributed by atoms with Gasteiger partial charge in [-0.1, -0.05) is 15.9 Å². The number of anilines is 1. The maximum atomic E-state index is 10.6. The summed E-state index contributed by atoms with van der Waals surface area (Å²) in [7, 11) is 0. The summed E-state index contributed by atoms with van der Waals surface area (Å²) < 4.78 is 1.02. The van der Waals surface area contributed by atoms with Gasteiger partial charge in [0.05, 0.1) is 6.42 Å². The molecule has 94 valence electrons. The van der Waals surface area contributed by atoms with Crippen molar-refractivity contribution in [2.75, 3.05) is 24.5 Å². The van der Waals surface area contributed by atoms with E-state index in [1.807, 2.05) is 30.0 Å². The molecule has 1 aromatic rings. The van der Waals surface area contributed by atoms with Crippen LogP contribution in [0.1, 0.15) is 12.0 Å². The zero-order valence-corrected chi connectivity index (χ0v) is 11.4. The standard InChI is InChI=1S/C12H17BrN2O2/c1-9-8-10(13)2-3-11(9)15(7-5-14)6-4-12(16)17/h2-3,8H,4-7,14H2,1H3,(H,16,17). The summed E-state index contributed by atoms with van der Waals surface area (Å²) in [5.74, 6) is -0.790. The van der Waals surface area contributed by atoms with Gasteiger partial charge in [0.1, 0.15) is 0 Å². The Hall–Kier alpha value is -1.07. The predicted octanol–water partition coefficient (Wildman–Crippen LogP) is 2.00. The molecule has 0 spiro atoms. The van der Waals surface area contributed by atoms with Gasteiger partial charge in [0, 0.05) is 29.8 Å². The summed E-state index contributed by atoms with van der Waals surface area (Å²) in [6.45, 7) is 3.66. The fourth-order valence-electron chi connectivity index (χ4n) is 1.71. The summed E-state index contributed by atoms with van der Waals surface area (Å²) in [6.07, 6.45) is 0.121. The van der Waals surface area contributed by atoms with E-state index in [4.69, 9.17) is 10.8 Å². The van der Waals surface area contributed by atoms with Crippen LogP contribution in [0.25, 0.3) is 0 Å². The van der Waals surface area contributed by atoms with Crippen molar-refractivity contribution < 1.29 is 9.90 Å². The molecule has 0 aliphatic carbocycles. The first-order valence-electron chi connectivity index (χ1n) is 5.47. The molecule has 0 radical (unpaired) electrons. The number of hydrogen-bond donors (Lipinski definition) is 2. The van der Waals surface area contributed by atoms with Crippen LogP contribution >= 0.6 is 15.9 Å². The smallest absolute Gasteiger partial charge is 0.305 e.